The molecular formula is C15H17ClN4. The maximum Gasteiger partial charge on any atom is 0.136 e. The van der Waals surface area contributed by atoms with Crippen LogP contribution in [0, 0.1) is 0 Å². The van der Waals surface area contributed by atoms with Crippen LogP contribution in [0.5, 0.6) is 0 Å². The normalized spacial score (nSPS) is 14.1. The highest BCUT2D eigenvalue weighted by molar-refractivity contribution is 6.30. The van der Waals surface area contributed by atoms with Gasteiger partial charge >= 0.3 is 0 Å². The first kappa shape index (κ1) is 13.2. The Morgan fingerprint density at radius 3 is 2.50 bits per heavy atom. The predicted octanol–water partition coefficient (Wildman–Crippen LogP) is 4.18. The van der Waals surface area contributed by atoms with Gasteiger partial charge in [0, 0.05) is 29.2 Å². The lowest BCUT2D eigenvalue weighted by Gasteiger charge is -2.10. The van der Waals surface area contributed by atoms with Crippen molar-refractivity contribution in [3.05, 3.63) is 41.2 Å². The molecule has 1 heterocycles. The van der Waals surface area contributed by atoms with Crippen LogP contribution in [0.1, 0.15) is 31.5 Å². The van der Waals surface area contributed by atoms with E-state index in [9.17, 15) is 0 Å². The van der Waals surface area contributed by atoms with Gasteiger partial charge < -0.3 is 10.6 Å². The van der Waals surface area contributed by atoms with Crippen LogP contribution in [0.3, 0.4) is 0 Å². The number of halogens is 1. The van der Waals surface area contributed by atoms with Crippen LogP contribution in [0.4, 0.5) is 17.3 Å². The zero-order chi connectivity index (χ0) is 13.9. The highest BCUT2D eigenvalue weighted by Crippen LogP contribution is 2.39. The van der Waals surface area contributed by atoms with Gasteiger partial charge in [-0.15, -0.1) is 0 Å². The second-order valence-corrected chi connectivity index (χ2v) is 5.37. The van der Waals surface area contributed by atoms with Gasteiger partial charge in [-0.25, -0.2) is 9.97 Å². The van der Waals surface area contributed by atoms with E-state index in [0.717, 1.165) is 34.7 Å². The Balaban J connectivity index is 1.85. The second kappa shape index (κ2) is 5.67. The fraction of sp³-hybridized carbons (Fsp3) is 0.333. The Morgan fingerprint density at radius 2 is 1.85 bits per heavy atom. The summed E-state index contributed by atoms with van der Waals surface area (Å²) < 4.78 is 0. The zero-order valence-corrected chi connectivity index (χ0v) is 12.1. The minimum atomic E-state index is 0.527. The van der Waals surface area contributed by atoms with Crippen molar-refractivity contribution in [1.82, 2.24) is 9.97 Å². The summed E-state index contributed by atoms with van der Waals surface area (Å²) in [6.45, 7) is 2.91. The Kier molecular flexibility index (Phi) is 3.74. The predicted molar refractivity (Wildman–Crippen MR) is 82.9 cm³/mol. The van der Waals surface area contributed by atoms with E-state index in [0.29, 0.717) is 5.92 Å². The molecule has 1 aliphatic carbocycles. The smallest absolute Gasteiger partial charge is 0.136 e. The van der Waals surface area contributed by atoms with Gasteiger partial charge in [0.15, 0.2) is 0 Å². The lowest BCUT2D eigenvalue weighted by Crippen LogP contribution is -2.05. The van der Waals surface area contributed by atoms with Crippen molar-refractivity contribution in [1.29, 1.82) is 0 Å². The SMILES string of the molecule is CCNc1cc(Nc2ccc(Cl)cc2)nc(C2CC2)n1. The average molecular weight is 289 g/mol. The maximum atomic E-state index is 5.89. The molecule has 0 saturated heterocycles. The van der Waals surface area contributed by atoms with Gasteiger partial charge in [-0.2, -0.15) is 0 Å². The summed E-state index contributed by atoms with van der Waals surface area (Å²) >= 11 is 5.89. The van der Waals surface area contributed by atoms with Crippen molar-refractivity contribution in [2.75, 3.05) is 17.2 Å². The molecule has 3 rings (SSSR count). The van der Waals surface area contributed by atoms with Gasteiger partial charge in [0.2, 0.25) is 0 Å². The van der Waals surface area contributed by atoms with Gasteiger partial charge in [-0.1, -0.05) is 11.6 Å². The minimum absolute atomic E-state index is 0.527. The summed E-state index contributed by atoms with van der Waals surface area (Å²) in [5, 5.41) is 7.28. The topological polar surface area (TPSA) is 49.8 Å². The van der Waals surface area contributed by atoms with E-state index in [-0.39, 0.29) is 0 Å². The summed E-state index contributed by atoms with van der Waals surface area (Å²) in [6, 6.07) is 9.53. The van der Waals surface area contributed by atoms with E-state index in [4.69, 9.17) is 11.6 Å². The highest BCUT2D eigenvalue weighted by atomic mass is 35.5. The van der Waals surface area contributed by atoms with Crippen LogP contribution >= 0.6 is 11.6 Å². The maximum absolute atomic E-state index is 5.89. The Bertz CT molecular complexity index is 593. The number of aromatic nitrogens is 2. The van der Waals surface area contributed by atoms with Crippen molar-refractivity contribution in [3.8, 4) is 0 Å². The Labute approximate surface area is 123 Å². The van der Waals surface area contributed by atoms with Gasteiger partial charge in [-0.05, 0) is 44.0 Å². The van der Waals surface area contributed by atoms with Gasteiger partial charge in [0.25, 0.3) is 0 Å². The molecule has 1 aromatic carbocycles. The fourth-order valence-electron chi connectivity index (χ4n) is 2.01. The lowest BCUT2D eigenvalue weighted by molar-refractivity contribution is 0.927. The summed E-state index contributed by atoms with van der Waals surface area (Å²) in [5.74, 6) is 3.15. The van der Waals surface area contributed by atoms with Crippen LogP contribution < -0.4 is 10.6 Å². The number of rotatable bonds is 5. The molecule has 0 amide bonds. The molecule has 1 aliphatic rings. The first-order chi connectivity index (χ1) is 9.74. The van der Waals surface area contributed by atoms with Crippen LogP contribution in [-0.2, 0) is 0 Å². The number of hydrogen-bond acceptors (Lipinski definition) is 4. The molecule has 1 aromatic heterocycles. The van der Waals surface area contributed by atoms with E-state index >= 15 is 0 Å². The van der Waals surface area contributed by atoms with Crippen molar-refractivity contribution in [2.24, 2.45) is 0 Å². The molecule has 0 unspecified atom stereocenters. The van der Waals surface area contributed by atoms with E-state index in [2.05, 4.69) is 27.5 Å². The third-order valence-electron chi connectivity index (χ3n) is 3.16. The molecule has 0 aliphatic heterocycles. The number of nitrogens with one attached hydrogen (secondary N) is 2. The summed E-state index contributed by atoms with van der Waals surface area (Å²) in [5.41, 5.74) is 0.970. The van der Waals surface area contributed by atoms with Gasteiger partial charge in [0.1, 0.15) is 17.5 Å². The quantitative estimate of drug-likeness (QED) is 0.866. The highest BCUT2D eigenvalue weighted by Gasteiger charge is 2.27. The summed E-state index contributed by atoms with van der Waals surface area (Å²) in [6.07, 6.45) is 2.38. The van der Waals surface area contributed by atoms with E-state index in [1.165, 1.54) is 12.8 Å². The standard InChI is InChI=1S/C15H17ClN4/c1-2-17-13-9-14(20-15(19-13)10-3-4-10)18-12-7-5-11(16)6-8-12/h5-10H,2-4H2,1H3,(H2,17,18,19,20). The molecule has 1 fully saturated rings. The third-order valence-corrected chi connectivity index (χ3v) is 3.41. The molecule has 5 heteroatoms. The van der Waals surface area contributed by atoms with Crippen LogP contribution in [0.25, 0.3) is 0 Å². The monoisotopic (exact) mass is 288 g/mol. The van der Waals surface area contributed by atoms with Gasteiger partial charge in [0.05, 0.1) is 0 Å². The molecule has 1 saturated carbocycles. The van der Waals surface area contributed by atoms with Crippen molar-refractivity contribution < 1.29 is 0 Å². The molecule has 2 N–H and O–H groups in total. The molecule has 4 nitrogen and oxygen atoms in total. The van der Waals surface area contributed by atoms with Crippen molar-refractivity contribution in [3.63, 3.8) is 0 Å². The van der Waals surface area contributed by atoms with E-state index in [1.54, 1.807) is 0 Å². The summed E-state index contributed by atoms with van der Waals surface area (Å²) in [7, 11) is 0. The molecule has 0 radical (unpaired) electrons. The second-order valence-electron chi connectivity index (χ2n) is 4.93. The number of benzene rings is 1. The molecule has 2 aromatic rings. The molecule has 104 valence electrons. The third kappa shape index (κ3) is 3.20. The Hall–Kier alpha value is -1.81. The van der Waals surface area contributed by atoms with Crippen LogP contribution in [0.2, 0.25) is 5.02 Å². The molecular weight excluding hydrogens is 272 g/mol. The van der Waals surface area contributed by atoms with Crippen molar-refractivity contribution >= 4 is 28.9 Å². The first-order valence-electron chi connectivity index (χ1n) is 6.90. The van der Waals surface area contributed by atoms with E-state index < -0.39 is 0 Å². The van der Waals surface area contributed by atoms with E-state index in [1.807, 2.05) is 30.3 Å². The lowest BCUT2D eigenvalue weighted by atomic mass is 10.3. The van der Waals surface area contributed by atoms with Crippen molar-refractivity contribution in [2.45, 2.75) is 25.7 Å². The molecule has 0 spiro atoms. The molecule has 0 bridgehead atoms. The minimum Gasteiger partial charge on any atom is -0.370 e. The first-order valence-corrected chi connectivity index (χ1v) is 7.28. The fourth-order valence-corrected chi connectivity index (χ4v) is 2.13. The summed E-state index contributed by atoms with van der Waals surface area (Å²) in [4.78, 5) is 9.16. The average Bonchev–Trinajstić information content (AvgIpc) is 3.26. The molecule has 20 heavy (non-hydrogen) atoms. The van der Waals surface area contributed by atoms with Crippen LogP contribution in [0.15, 0.2) is 30.3 Å². The zero-order valence-electron chi connectivity index (χ0n) is 11.4. The van der Waals surface area contributed by atoms with Gasteiger partial charge in [-0.3, -0.25) is 0 Å². The number of anilines is 3. The van der Waals surface area contributed by atoms with Crippen LogP contribution in [-0.4, -0.2) is 16.5 Å². The number of hydrogen-bond donors (Lipinski definition) is 2. The molecule has 0 atom stereocenters. The Morgan fingerprint density at radius 1 is 1.15 bits per heavy atom. The largest absolute Gasteiger partial charge is 0.370 e. The number of nitrogens with zero attached hydrogens (tertiary/aromatic N) is 2.